The minimum Gasteiger partial charge on any atom is -0.349 e. The first-order chi connectivity index (χ1) is 13.7. The van der Waals surface area contributed by atoms with Crippen molar-refractivity contribution in [3.63, 3.8) is 0 Å². The van der Waals surface area contributed by atoms with Gasteiger partial charge in [0.15, 0.2) is 0 Å². The van der Waals surface area contributed by atoms with Crippen molar-refractivity contribution in [2.75, 3.05) is 33.7 Å². The van der Waals surface area contributed by atoms with Crippen molar-refractivity contribution < 1.29 is 18.0 Å². The van der Waals surface area contributed by atoms with Crippen LogP contribution in [0.5, 0.6) is 0 Å². The number of amides is 2. The van der Waals surface area contributed by atoms with E-state index in [4.69, 9.17) is 0 Å². The van der Waals surface area contributed by atoms with Crippen LogP contribution in [-0.2, 0) is 14.8 Å². The predicted octanol–water partition coefficient (Wildman–Crippen LogP) is 2.19. The molecule has 2 aliphatic rings. The number of carbonyl (C=O) groups is 2. The number of hydrogen-bond donors (Lipinski definition) is 0. The van der Waals surface area contributed by atoms with Crippen LogP contribution in [0.1, 0.15) is 49.4 Å². The van der Waals surface area contributed by atoms with E-state index in [2.05, 4.69) is 0 Å². The SMILES string of the molecule is CC1CCCCN1S(=O)(=O)c1cccc(C(=O)N2CCCC(C(=O)N(C)C)C2)c1. The van der Waals surface area contributed by atoms with E-state index in [0.717, 1.165) is 32.1 Å². The average molecular weight is 422 g/mol. The quantitative estimate of drug-likeness (QED) is 0.747. The molecule has 0 N–H and O–H groups in total. The highest BCUT2D eigenvalue weighted by Crippen LogP contribution is 2.26. The summed E-state index contributed by atoms with van der Waals surface area (Å²) in [5, 5.41) is 0. The maximum atomic E-state index is 13.1. The van der Waals surface area contributed by atoms with Gasteiger partial charge in [0.2, 0.25) is 15.9 Å². The second-order valence-corrected chi connectivity index (χ2v) is 10.2. The maximum Gasteiger partial charge on any atom is 0.253 e. The summed E-state index contributed by atoms with van der Waals surface area (Å²) in [4.78, 5) is 28.7. The molecule has 8 heteroatoms. The van der Waals surface area contributed by atoms with E-state index in [1.54, 1.807) is 46.4 Å². The molecule has 2 aliphatic heterocycles. The van der Waals surface area contributed by atoms with Gasteiger partial charge in [-0.15, -0.1) is 0 Å². The summed E-state index contributed by atoms with van der Waals surface area (Å²) >= 11 is 0. The van der Waals surface area contributed by atoms with Crippen LogP contribution in [0.15, 0.2) is 29.2 Å². The largest absolute Gasteiger partial charge is 0.349 e. The van der Waals surface area contributed by atoms with Gasteiger partial charge in [0, 0.05) is 45.3 Å². The summed E-state index contributed by atoms with van der Waals surface area (Å²) < 4.78 is 27.8. The van der Waals surface area contributed by atoms with Gasteiger partial charge < -0.3 is 9.80 Å². The lowest BCUT2D eigenvalue weighted by molar-refractivity contribution is -0.134. The molecule has 2 saturated heterocycles. The standard InChI is InChI=1S/C21H31N3O4S/c1-16-8-4-5-13-24(16)29(27,28)19-11-6-9-17(14-19)21(26)23-12-7-10-18(15-23)20(25)22(2)3/h6,9,11,14,16,18H,4-5,7-8,10,12-13,15H2,1-3H3. The van der Waals surface area contributed by atoms with Crippen molar-refractivity contribution in [2.45, 2.75) is 50.0 Å². The smallest absolute Gasteiger partial charge is 0.253 e. The summed E-state index contributed by atoms with van der Waals surface area (Å²) in [5.74, 6) is -0.397. The number of carbonyl (C=O) groups excluding carboxylic acids is 2. The van der Waals surface area contributed by atoms with Crippen LogP contribution in [-0.4, -0.2) is 74.1 Å². The van der Waals surface area contributed by atoms with Crippen molar-refractivity contribution in [3.05, 3.63) is 29.8 Å². The highest BCUT2D eigenvalue weighted by Gasteiger charge is 2.33. The molecule has 7 nitrogen and oxygen atoms in total. The first-order valence-electron chi connectivity index (χ1n) is 10.3. The zero-order valence-corrected chi connectivity index (χ0v) is 18.3. The number of sulfonamides is 1. The van der Waals surface area contributed by atoms with E-state index in [0.29, 0.717) is 25.2 Å². The first-order valence-corrected chi connectivity index (χ1v) is 11.8. The molecule has 0 radical (unpaired) electrons. The van der Waals surface area contributed by atoms with Gasteiger partial charge in [0.05, 0.1) is 10.8 Å². The Labute approximate surface area is 173 Å². The van der Waals surface area contributed by atoms with Gasteiger partial charge >= 0.3 is 0 Å². The van der Waals surface area contributed by atoms with Crippen molar-refractivity contribution in [1.82, 2.24) is 14.1 Å². The predicted molar refractivity (Wildman–Crippen MR) is 111 cm³/mol. The van der Waals surface area contributed by atoms with Crippen LogP contribution in [0.25, 0.3) is 0 Å². The lowest BCUT2D eigenvalue weighted by Crippen LogP contribution is -2.45. The monoisotopic (exact) mass is 421 g/mol. The van der Waals surface area contributed by atoms with E-state index < -0.39 is 10.0 Å². The van der Waals surface area contributed by atoms with Gasteiger partial charge in [-0.2, -0.15) is 4.31 Å². The third-order valence-electron chi connectivity index (χ3n) is 5.93. The van der Waals surface area contributed by atoms with Gasteiger partial charge in [0.1, 0.15) is 0 Å². The number of likely N-dealkylation sites (tertiary alicyclic amines) is 1. The Bertz CT molecular complexity index is 868. The van der Waals surface area contributed by atoms with Gasteiger partial charge in [-0.05, 0) is 50.8 Å². The van der Waals surface area contributed by atoms with E-state index in [9.17, 15) is 18.0 Å². The molecule has 2 heterocycles. The zero-order valence-electron chi connectivity index (χ0n) is 17.5. The summed E-state index contributed by atoms with van der Waals surface area (Å²) in [6.45, 7) is 3.40. The van der Waals surface area contributed by atoms with Gasteiger partial charge in [-0.1, -0.05) is 12.5 Å². The Morgan fingerprint density at radius 2 is 1.83 bits per heavy atom. The Morgan fingerprint density at radius 1 is 1.07 bits per heavy atom. The van der Waals surface area contributed by atoms with E-state index >= 15 is 0 Å². The minimum absolute atomic E-state index is 0.0258. The van der Waals surface area contributed by atoms with Crippen LogP contribution in [0, 0.1) is 5.92 Å². The molecule has 1 aromatic rings. The normalized spacial score (nSPS) is 23.6. The van der Waals surface area contributed by atoms with Crippen LogP contribution in [0.4, 0.5) is 0 Å². The van der Waals surface area contributed by atoms with Crippen LogP contribution >= 0.6 is 0 Å². The van der Waals surface area contributed by atoms with Crippen molar-refractivity contribution in [1.29, 1.82) is 0 Å². The Morgan fingerprint density at radius 3 is 2.52 bits per heavy atom. The Kier molecular flexibility index (Phi) is 6.63. The second-order valence-electron chi connectivity index (χ2n) is 8.31. The molecule has 2 atom stereocenters. The number of rotatable bonds is 4. The molecule has 2 amide bonds. The maximum absolute atomic E-state index is 13.1. The van der Waals surface area contributed by atoms with E-state index in [-0.39, 0.29) is 28.7 Å². The number of hydrogen-bond acceptors (Lipinski definition) is 4. The molecule has 0 saturated carbocycles. The molecular weight excluding hydrogens is 390 g/mol. The fourth-order valence-electron chi connectivity index (χ4n) is 4.26. The molecule has 0 spiro atoms. The first kappa shape index (κ1) is 21.8. The molecule has 2 fully saturated rings. The summed E-state index contributed by atoms with van der Waals surface area (Å²) in [7, 11) is -0.189. The molecule has 29 heavy (non-hydrogen) atoms. The lowest BCUT2D eigenvalue weighted by atomic mass is 9.96. The number of piperidine rings is 2. The zero-order chi connectivity index (χ0) is 21.2. The number of benzene rings is 1. The molecule has 0 aliphatic carbocycles. The molecule has 2 unspecified atom stereocenters. The summed E-state index contributed by atoms with van der Waals surface area (Å²) in [5.41, 5.74) is 0.355. The van der Waals surface area contributed by atoms with Crippen LogP contribution in [0.2, 0.25) is 0 Å². The molecule has 1 aromatic carbocycles. The van der Waals surface area contributed by atoms with Crippen molar-refractivity contribution >= 4 is 21.8 Å². The summed E-state index contributed by atoms with van der Waals surface area (Å²) in [6, 6.07) is 6.28. The molecule has 160 valence electrons. The Hall–Kier alpha value is -1.93. The fraction of sp³-hybridized carbons (Fsp3) is 0.619. The average Bonchev–Trinajstić information content (AvgIpc) is 2.73. The van der Waals surface area contributed by atoms with Crippen molar-refractivity contribution in [3.8, 4) is 0 Å². The lowest BCUT2D eigenvalue weighted by Gasteiger charge is -2.34. The number of nitrogens with zero attached hydrogens (tertiary/aromatic N) is 3. The third kappa shape index (κ3) is 4.64. The van der Waals surface area contributed by atoms with E-state index in [1.807, 2.05) is 6.92 Å². The Balaban J connectivity index is 1.80. The van der Waals surface area contributed by atoms with Crippen LogP contribution < -0.4 is 0 Å². The van der Waals surface area contributed by atoms with Gasteiger partial charge in [-0.3, -0.25) is 9.59 Å². The minimum atomic E-state index is -3.63. The summed E-state index contributed by atoms with van der Waals surface area (Å²) in [6.07, 6.45) is 4.28. The van der Waals surface area contributed by atoms with Gasteiger partial charge in [-0.25, -0.2) is 8.42 Å². The van der Waals surface area contributed by atoms with Gasteiger partial charge in [0.25, 0.3) is 5.91 Å². The molecule has 0 bridgehead atoms. The highest BCUT2D eigenvalue weighted by atomic mass is 32.2. The van der Waals surface area contributed by atoms with Crippen LogP contribution in [0.3, 0.4) is 0 Å². The third-order valence-corrected chi connectivity index (χ3v) is 7.94. The second kappa shape index (κ2) is 8.83. The molecule has 3 rings (SSSR count). The highest BCUT2D eigenvalue weighted by molar-refractivity contribution is 7.89. The van der Waals surface area contributed by atoms with E-state index in [1.165, 1.54) is 6.07 Å². The van der Waals surface area contributed by atoms with Crippen molar-refractivity contribution in [2.24, 2.45) is 5.92 Å². The molecule has 0 aromatic heterocycles. The topological polar surface area (TPSA) is 78.0 Å². The molecular formula is C21H31N3O4S. The fourth-order valence-corrected chi connectivity index (χ4v) is 6.01.